The van der Waals surface area contributed by atoms with E-state index >= 15 is 0 Å². The Kier molecular flexibility index (Phi) is 5.56. The largest absolute Gasteiger partial charge is 0.507 e. The van der Waals surface area contributed by atoms with Crippen molar-refractivity contribution in [1.29, 1.82) is 0 Å². The van der Waals surface area contributed by atoms with Crippen LogP contribution >= 0.6 is 0 Å². The molecule has 0 aliphatic carbocycles. The number of ether oxygens (including phenoxy) is 3. The molecule has 8 heteroatoms. The predicted molar refractivity (Wildman–Crippen MR) is 86.8 cm³/mol. The van der Waals surface area contributed by atoms with Crippen LogP contribution in [-0.2, 0) is 0 Å². The lowest BCUT2D eigenvalue weighted by atomic mass is 10.0. The Hall–Kier alpha value is -3.13. The summed E-state index contributed by atoms with van der Waals surface area (Å²) in [4.78, 5) is 11.5. The maximum Gasteiger partial charge on any atom is 0.202 e. The highest BCUT2D eigenvalue weighted by Crippen LogP contribution is 2.36. The van der Waals surface area contributed by atoms with Crippen molar-refractivity contribution in [2.45, 2.75) is 6.10 Å². The molecule has 1 heterocycles. The number of fused-ring (bicyclic) bond motifs is 1. The molecule has 2 aromatic carbocycles. The van der Waals surface area contributed by atoms with E-state index in [1.54, 1.807) is 12.1 Å². The van der Waals surface area contributed by atoms with Gasteiger partial charge in [-0.1, -0.05) is 6.07 Å². The third-order valence-corrected chi connectivity index (χ3v) is 3.43. The molecular weight excluding hydrogens is 332 g/mol. The molecule has 0 fully saturated rings. The Bertz CT molecular complexity index is 771. The van der Waals surface area contributed by atoms with E-state index in [0.717, 1.165) is 0 Å². The summed E-state index contributed by atoms with van der Waals surface area (Å²) in [5.74, 6) is -0.244. The van der Waals surface area contributed by atoms with Gasteiger partial charge in [-0.2, -0.15) is 0 Å². The van der Waals surface area contributed by atoms with Crippen molar-refractivity contribution in [3.8, 4) is 34.5 Å². The number of phenols is 3. The Morgan fingerprint density at radius 3 is 2.40 bits per heavy atom. The molecule has 1 aliphatic heterocycles. The SMILES string of the molecule is COc1cc(O)c2c(c1)OCC(O)C2=O.COc1cccc(O)c1O. The smallest absolute Gasteiger partial charge is 0.202 e. The van der Waals surface area contributed by atoms with Crippen LogP contribution in [0.2, 0.25) is 0 Å². The number of benzene rings is 2. The van der Waals surface area contributed by atoms with Gasteiger partial charge in [0.2, 0.25) is 5.78 Å². The summed E-state index contributed by atoms with van der Waals surface area (Å²) in [5.41, 5.74) is 0.00884. The first kappa shape index (κ1) is 18.2. The second kappa shape index (κ2) is 7.63. The molecule has 0 saturated carbocycles. The fourth-order valence-corrected chi connectivity index (χ4v) is 2.14. The number of carbonyl (C=O) groups is 1. The minimum absolute atomic E-state index is 0.00884. The van der Waals surface area contributed by atoms with E-state index in [2.05, 4.69) is 0 Å². The topological polar surface area (TPSA) is 126 Å². The minimum Gasteiger partial charge on any atom is -0.507 e. The number of carbonyl (C=O) groups excluding carboxylic acids is 1. The van der Waals surface area contributed by atoms with Gasteiger partial charge in [0, 0.05) is 12.1 Å². The van der Waals surface area contributed by atoms with Gasteiger partial charge in [-0.25, -0.2) is 0 Å². The van der Waals surface area contributed by atoms with Gasteiger partial charge in [-0.15, -0.1) is 0 Å². The van der Waals surface area contributed by atoms with Gasteiger partial charge in [0.05, 0.1) is 14.2 Å². The highest BCUT2D eigenvalue weighted by Gasteiger charge is 2.30. The summed E-state index contributed by atoms with van der Waals surface area (Å²) in [7, 11) is 2.87. The van der Waals surface area contributed by atoms with Crippen LogP contribution in [0.4, 0.5) is 0 Å². The van der Waals surface area contributed by atoms with Crippen molar-refractivity contribution < 1.29 is 39.4 Å². The lowest BCUT2D eigenvalue weighted by Crippen LogP contribution is -2.32. The summed E-state index contributed by atoms with van der Waals surface area (Å²) in [6, 6.07) is 7.34. The number of hydrogen-bond acceptors (Lipinski definition) is 8. The molecule has 1 atom stereocenters. The lowest BCUT2D eigenvalue weighted by Gasteiger charge is -2.21. The molecule has 0 aromatic heterocycles. The average Bonchev–Trinajstić information content (AvgIpc) is 2.60. The molecule has 0 saturated heterocycles. The number of aliphatic hydroxyl groups is 1. The molecule has 0 bridgehead atoms. The molecule has 4 N–H and O–H groups in total. The standard InChI is InChI=1S/C10H10O5.C7H8O3/c1-14-5-2-6(11)9-8(3-5)15-4-7(12)10(9)13;1-10-6-4-2-3-5(8)7(6)9/h2-3,7,11-12H,4H2,1H3;2-4,8-9H,1H3. The lowest BCUT2D eigenvalue weighted by molar-refractivity contribution is 0.0552. The molecule has 1 aliphatic rings. The highest BCUT2D eigenvalue weighted by atomic mass is 16.5. The quantitative estimate of drug-likeness (QED) is 0.600. The number of aliphatic hydroxyl groups excluding tert-OH is 1. The number of ketones is 1. The third kappa shape index (κ3) is 3.86. The molecule has 0 radical (unpaired) electrons. The number of para-hydroxylation sites is 1. The first-order valence-electron chi connectivity index (χ1n) is 7.20. The molecule has 25 heavy (non-hydrogen) atoms. The number of rotatable bonds is 2. The fourth-order valence-electron chi connectivity index (χ4n) is 2.14. The zero-order valence-corrected chi connectivity index (χ0v) is 13.6. The molecular formula is C17H18O8. The summed E-state index contributed by atoms with van der Waals surface area (Å²) in [5, 5.41) is 36.7. The van der Waals surface area contributed by atoms with E-state index in [1.165, 1.54) is 32.4 Å². The van der Waals surface area contributed by atoms with Crippen LogP contribution in [0, 0.1) is 0 Å². The van der Waals surface area contributed by atoms with Crippen molar-refractivity contribution in [2.75, 3.05) is 20.8 Å². The Balaban J connectivity index is 0.000000196. The van der Waals surface area contributed by atoms with E-state index in [0.29, 0.717) is 5.75 Å². The summed E-state index contributed by atoms with van der Waals surface area (Å²) in [6.07, 6.45) is -1.21. The third-order valence-electron chi connectivity index (χ3n) is 3.43. The van der Waals surface area contributed by atoms with Crippen LogP contribution in [0.15, 0.2) is 30.3 Å². The summed E-state index contributed by atoms with van der Waals surface area (Å²) >= 11 is 0. The second-order valence-electron chi connectivity index (χ2n) is 5.04. The average molecular weight is 350 g/mol. The zero-order chi connectivity index (χ0) is 18.6. The van der Waals surface area contributed by atoms with Gasteiger partial charge >= 0.3 is 0 Å². The van der Waals surface area contributed by atoms with Crippen molar-refractivity contribution in [1.82, 2.24) is 0 Å². The van der Waals surface area contributed by atoms with E-state index in [1.807, 2.05) is 0 Å². The predicted octanol–water partition coefficient (Wildman–Crippen LogP) is 1.44. The first-order chi connectivity index (χ1) is 11.9. The molecule has 0 spiro atoms. The molecule has 2 aromatic rings. The number of phenolic OH excluding ortho intramolecular Hbond substituents is 3. The number of Topliss-reactive ketones (excluding diaryl/α,β-unsaturated/α-hetero) is 1. The van der Waals surface area contributed by atoms with Gasteiger partial charge in [-0.3, -0.25) is 4.79 Å². The van der Waals surface area contributed by atoms with Crippen LogP contribution < -0.4 is 14.2 Å². The Labute approximate surface area is 143 Å². The van der Waals surface area contributed by atoms with Crippen molar-refractivity contribution in [3.63, 3.8) is 0 Å². The highest BCUT2D eigenvalue weighted by molar-refractivity contribution is 6.05. The van der Waals surface area contributed by atoms with E-state index in [9.17, 15) is 15.0 Å². The number of methoxy groups -OCH3 is 2. The van der Waals surface area contributed by atoms with Crippen LogP contribution in [0.5, 0.6) is 34.5 Å². The van der Waals surface area contributed by atoms with Gasteiger partial charge in [0.15, 0.2) is 23.4 Å². The van der Waals surface area contributed by atoms with Crippen LogP contribution in [-0.4, -0.2) is 53.1 Å². The number of hydrogen-bond donors (Lipinski definition) is 4. The second-order valence-corrected chi connectivity index (χ2v) is 5.04. The van der Waals surface area contributed by atoms with Crippen LogP contribution in [0.3, 0.4) is 0 Å². The van der Waals surface area contributed by atoms with Gasteiger partial charge in [0.1, 0.15) is 29.4 Å². The van der Waals surface area contributed by atoms with Crippen molar-refractivity contribution >= 4 is 5.78 Å². The van der Waals surface area contributed by atoms with E-state index < -0.39 is 11.9 Å². The zero-order valence-electron chi connectivity index (χ0n) is 13.6. The van der Waals surface area contributed by atoms with Crippen LogP contribution in [0.1, 0.15) is 10.4 Å². The maximum absolute atomic E-state index is 11.5. The minimum atomic E-state index is -1.21. The fraction of sp³-hybridized carbons (Fsp3) is 0.235. The van der Waals surface area contributed by atoms with Crippen molar-refractivity contribution in [2.24, 2.45) is 0 Å². The molecule has 3 rings (SSSR count). The molecule has 8 nitrogen and oxygen atoms in total. The van der Waals surface area contributed by atoms with Gasteiger partial charge < -0.3 is 34.6 Å². The molecule has 134 valence electrons. The Morgan fingerprint density at radius 2 is 1.80 bits per heavy atom. The normalized spacial score (nSPS) is 15.3. The van der Waals surface area contributed by atoms with Crippen LogP contribution in [0.25, 0.3) is 0 Å². The molecule has 1 unspecified atom stereocenters. The summed E-state index contributed by atoms with van der Waals surface area (Å²) in [6.45, 7) is -0.0988. The van der Waals surface area contributed by atoms with Gasteiger partial charge in [-0.05, 0) is 12.1 Å². The van der Waals surface area contributed by atoms with Crippen molar-refractivity contribution in [3.05, 3.63) is 35.9 Å². The monoisotopic (exact) mass is 350 g/mol. The van der Waals surface area contributed by atoms with E-state index in [-0.39, 0.29) is 40.9 Å². The maximum atomic E-state index is 11.5. The molecule has 0 amide bonds. The summed E-state index contributed by atoms with van der Waals surface area (Å²) < 4.78 is 14.7. The van der Waals surface area contributed by atoms with Gasteiger partial charge in [0.25, 0.3) is 0 Å². The Morgan fingerprint density at radius 1 is 1.08 bits per heavy atom. The first-order valence-corrected chi connectivity index (χ1v) is 7.20. The number of aromatic hydroxyl groups is 3. The van der Waals surface area contributed by atoms with E-state index in [4.69, 9.17) is 24.4 Å².